The molecule has 24 heavy (non-hydrogen) atoms. The van der Waals surface area contributed by atoms with Crippen LogP contribution in [0.5, 0.6) is 0 Å². The summed E-state index contributed by atoms with van der Waals surface area (Å²) < 4.78 is 38.8. The third kappa shape index (κ3) is 3.29. The zero-order valence-electron chi connectivity index (χ0n) is 13.0. The van der Waals surface area contributed by atoms with E-state index in [4.69, 9.17) is 0 Å². The quantitative estimate of drug-likeness (QED) is 0.771. The number of thioether (sulfide) groups is 1. The van der Waals surface area contributed by atoms with Crippen LogP contribution in [0, 0.1) is 0 Å². The third-order valence-corrected chi connectivity index (χ3v) is 5.20. The van der Waals surface area contributed by atoms with Gasteiger partial charge in [-0.05, 0) is 35.7 Å². The first-order valence-corrected chi connectivity index (χ1v) is 8.65. The number of carbonyl (C=O) groups excluding carboxylic acids is 1. The number of halogens is 3. The van der Waals surface area contributed by atoms with E-state index in [-0.39, 0.29) is 22.7 Å². The highest BCUT2D eigenvalue weighted by atomic mass is 32.2. The molecule has 3 rings (SSSR count). The molecule has 1 aliphatic heterocycles. The van der Waals surface area contributed by atoms with Gasteiger partial charge in [-0.25, -0.2) is 0 Å². The lowest BCUT2D eigenvalue weighted by Crippen LogP contribution is -2.28. The molecular formula is C18H16F3NOS. The molecule has 0 radical (unpaired) electrons. The van der Waals surface area contributed by atoms with Gasteiger partial charge in [-0.15, -0.1) is 11.8 Å². The number of amides is 1. The summed E-state index contributed by atoms with van der Waals surface area (Å²) in [7, 11) is 0. The van der Waals surface area contributed by atoms with Crippen molar-refractivity contribution in [3.8, 4) is 0 Å². The van der Waals surface area contributed by atoms with Crippen molar-refractivity contribution in [3.63, 3.8) is 0 Å². The van der Waals surface area contributed by atoms with E-state index in [1.54, 1.807) is 6.07 Å². The van der Waals surface area contributed by atoms with E-state index < -0.39 is 11.7 Å². The predicted molar refractivity (Wildman–Crippen MR) is 89.9 cm³/mol. The molecule has 1 fully saturated rings. The first-order chi connectivity index (χ1) is 11.4. The summed E-state index contributed by atoms with van der Waals surface area (Å²) in [6, 6.07) is 12.8. The Hall–Kier alpha value is -1.95. The molecule has 1 saturated heterocycles. The molecular weight excluding hydrogens is 335 g/mol. The second-order valence-electron chi connectivity index (χ2n) is 5.57. The van der Waals surface area contributed by atoms with Gasteiger partial charge in [-0.1, -0.05) is 37.3 Å². The van der Waals surface area contributed by atoms with Gasteiger partial charge in [-0.3, -0.25) is 9.69 Å². The SMILES string of the molecule is CCc1ccc([C@@H]2SCC(=O)N2c2cccc(C(F)(F)F)c2)cc1. The van der Waals surface area contributed by atoms with Crippen LogP contribution in [0.4, 0.5) is 18.9 Å². The monoisotopic (exact) mass is 351 g/mol. The van der Waals surface area contributed by atoms with Gasteiger partial charge in [0.05, 0.1) is 11.3 Å². The van der Waals surface area contributed by atoms with Crippen LogP contribution >= 0.6 is 11.8 Å². The molecule has 0 bridgehead atoms. The van der Waals surface area contributed by atoms with Crippen molar-refractivity contribution >= 4 is 23.4 Å². The number of benzene rings is 2. The Morgan fingerprint density at radius 1 is 1.17 bits per heavy atom. The Morgan fingerprint density at radius 2 is 1.88 bits per heavy atom. The van der Waals surface area contributed by atoms with E-state index in [1.165, 1.54) is 28.3 Å². The molecule has 1 atom stereocenters. The third-order valence-electron chi connectivity index (χ3n) is 3.99. The van der Waals surface area contributed by atoms with Crippen LogP contribution < -0.4 is 4.90 Å². The number of anilines is 1. The highest BCUT2D eigenvalue weighted by Crippen LogP contribution is 2.43. The molecule has 0 N–H and O–H groups in total. The summed E-state index contributed by atoms with van der Waals surface area (Å²) in [6.07, 6.45) is -3.52. The van der Waals surface area contributed by atoms with E-state index in [0.29, 0.717) is 0 Å². The number of nitrogens with zero attached hydrogens (tertiary/aromatic N) is 1. The number of hydrogen-bond donors (Lipinski definition) is 0. The van der Waals surface area contributed by atoms with Gasteiger partial charge in [0, 0.05) is 5.69 Å². The summed E-state index contributed by atoms with van der Waals surface area (Å²) in [6.45, 7) is 2.05. The normalized spacial score (nSPS) is 18.2. The number of hydrogen-bond acceptors (Lipinski definition) is 2. The Labute approximate surface area is 142 Å². The molecule has 126 valence electrons. The largest absolute Gasteiger partial charge is 0.416 e. The van der Waals surface area contributed by atoms with Gasteiger partial charge >= 0.3 is 6.18 Å². The summed E-state index contributed by atoms with van der Waals surface area (Å²) >= 11 is 1.43. The van der Waals surface area contributed by atoms with Crippen molar-refractivity contribution in [1.29, 1.82) is 0 Å². The highest BCUT2D eigenvalue weighted by molar-refractivity contribution is 8.00. The maximum atomic E-state index is 12.9. The van der Waals surface area contributed by atoms with E-state index in [0.717, 1.165) is 24.1 Å². The van der Waals surface area contributed by atoms with Crippen molar-refractivity contribution in [1.82, 2.24) is 0 Å². The maximum Gasteiger partial charge on any atom is 0.416 e. The zero-order chi connectivity index (χ0) is 17.3. The lowest BCUT2D eigenvalue weighted by molar-refractivity contribution is -0.137. The van der Waals surface area contributed by atoms with Crippen LogP contribution in [-0.4, -0.2) is 11.7 Å². The Morgan fingerprint density at radius 3 is 2.50 bits per heavy atom. The van der Waals surface area contributed by atoms with Crippen LogP contribution in [-0.2, 0) is 17.4 Å². The average Bonchev–Trinajstić information content (AvgIpc) is 2.96. The highest BCUT2D eigenvalue weighted by Gasteiger charge is 2.36. The van der Waals surface area contributed by atoms with Crippen molar-refractivity contribution in [2.75, 3.05) is 10.7 Å². The maximum absolute atomic E-state index is 12.9. The molecule has 6 heteroatoms. The lowest BCUT2D eigenvalue weighted by atomic mass is 10.1. The molecule has 0 saturated carbocycles. The number of aryl methyl sites for hydroxylation is 1. The Bertz CT molecular complexity index is 743. The van der Waals surface area contributed by atoms with Gasteiger partial charge in [0.1, 0.15) is 5.37 Å². The molecule has 0 aliphatic carbocycles. The summed E-state index contributed by atoms with van der Waals surface area (Å²) in [5.74, 6) is 0.0834. The fourth-order valence-corrected chi connectivity index (χ4v) is 3.88. The van der Waals surface area contributed by atoms with Gasteiger partial charge in [0.25, 0.3) is 0 Å². The second-order valence-corrected chi connectivity index (χ2v) is 6.64. The van der Waals surface area contributed by atoms with Crippen molar-refractivity contribution in [2.45, 2.75) is 24.9 Å². The Balaban J connectivity index is 1.96. The van der Waals surface area contributed by atoms with Gasteiger partial charge < -0.3 is 0 Å². The minimum Gasteiger partial charge on any atom is -0.295 e. The molecule has 0 spiro atoms. The Kier molecular flexibility index (Phi) is 4.58. The summed E-state index contributed by atoms with van der Waals surface area (Å²) in [5, 5.41) is -0.299. The topological polar surface area (TPSA) is 20.3 Å². The van der Waals surface area contributed by atoms with Crippen LogP contribution in [0.2, 0.25) is 0 Å². The standard InChI is InChI=1S/C18H16F3NOS/c1-2-12-6-8-13(9-7-12)17-22(16(23)11-24-17)15-5-3-4-14(10-15)18(19,20)21/h3-10,17H,2,11H2,1H3/t17-/m0/s1. The minimum atomic E-state index is -4.43. The van der Waals surface area contributed by atoms with Gasteiger partial charge in [-0.2, -0.15) is 13.2 Å². The lowest BCUT2D eigenvalue weighted by Gasteiger charge is -2.25. The second kappa shape index (κ2) is 6.51. The number of carbonyl (C=O) groups is 1. The van der Waals surface area contributed by atoms with Crippen LogP contribution in [0.25, 0.3) is 0 Å². The smallest absolute Gasteiger partial charge is 0.295 e. The van der Waals surface area contributed by atoms with Crippen molar-refractivity contribution in [3.05, 3.63) is 65.2 Å². The summed E-state index contributed by atoms with van der Waals surface area (Å²) in [5.41, 5.74) is 1.63. The van der Waals surface area contributed by atoms with Crippen LogP contribution in [0.1, 0.15) is 29.0 Å². The number of rotatable bonds is 3. The molecule has 2 nitrogen and oxygen atoms in total. The van der Waals surface area contributed by atoms with Crippen molar-refractivity contribution < 1.29 is 18.0 Å². The van der Waals surface area contributed by atoms with E-state index in [1.807, 2.05) is 24.3 Å². The first-order valence-electron chi connectivity index (χ1n) is 7.60. The molecule has 1 aliphatic rings. The fourth-order valence-electron chi connectivity index (χ4n) is 2.70. The molecule has 0 unspecified atom stereocenters. The van der Waals surface area contributed by atoms with Crippen LogP contribution in [0.15, 0.2) is 48.5 Å². The van der Waals surface area contributed by atoms with E-state index in [2.05, 4.69) is 6.92 Å². The first kappa shape index (κ1) is 16.9. The average molecular weight is 351 g/mol. The molecule has 0 aromatic heterocycles. The number of alkyl halides is 3. The van der Waals surface area contributed by atoms with E-state index >= 15 is 0 Å². The van der Waals surface area contributed by atoms with E-state index in [9.17, 15) is 18.0 Å². The van der Waals surface area contributed by atoms with Gasteiger partial charge in [0.15, 0.2) is 0 Å². The van der Waals surface area contributed by atoms with Crippen molar-refractivity contribution in [2.24, 2.45) is 0 Å². The molecule has 1 heterocycles. The van der Waals surface area contributed by atoms with Crippen LogP contribution in [0.3, 0.4) is 0 Å². The minimum absolute atomic E-state index is 0.177. The van der Waals surface area contributed by atoms with Gasteiger partial charge in [0.2, 0.25) is 5.91 Å². The summed E-state index contributed by atoms with van der Waals surface area (Å²) in [4.78, 5) is 13.7. The zero-order valence-corrected chi connectivity index (χ0v) is 13.8. The molecule has 1 amide bonds. The molecule has 2 aromatic carbocycles. The molecule has 2 aromatic rings. The predicted octanol–water partition coefficient (Wildman–Crippen LogP) is 5.05. The fraction of sp³-hybridized carbons (Fsp3) is 0.278.